The van der Waals surface area contributed by atoms with Crippen LogP contribution < -0.4 is 5.32 Å². The summed E-state index contributed by atoms with van der Waals surface area (Å²) in [4.78, 5) is 32.3. The highest BCUT2D eigenvalue weighted by molar-refractivity contribution is 5.89. The number of hydrogen-bond acceptors (Lipinski definition) is 4. The first-order valence-corrected chi connectivity index (χ1v) is 5.50. The molecule has 1 aromatic rings. The maximum absolute atomic E-state index is 11.9. The van der Waals surface area contributed by atoms with Gasteiger partial charge in [0.05, 0.1) is 10.3 Å². The number of nitrogens with one attached hydrogen (secondary N) is 1. The van der Waals surface area contributed by atoms with Crippen molar-refractivity contribution in [1.82, 2.24) is 5.32 Å². The molecule has 0 fully saturated rings. The predicted octanol–water partition coefficient (Wildman–Crippen LogP) is 1.07. The first-order chi connectivity index (χ1) is 8.75. The molecule has 0 saturated heterocycles. The lowest BCUT2D eigenvalue weighted by Gasteiger charge is -2.23. The molecular weight excluding hydrogens is 252 g/mol. The molecule has 102 valence electrons. The van der Waals surface area contributed by atoms with Crippen LogP contribution in [0.4, 0.5) is 5.69 Å². The van der Waals surface area contributed by atoms with Gasteiger partial charge in [-0.05, 0) is 19.4 Å². The number of carboxylic acid groups (broad SMARTS) is 1. The minimum Gasteiger partial charge on any atom is -0.480 e. The first-order valence-electron chi connectivity index (χ1n) is 5.50. The number of benzene rings is 1. The third-order valence-electron chi connectivity index (χ3n) is 2.77. The fraction of sp³-hybridized carbons (Fsp3) is 0.333. The number of carbonyl (C=O) groups is 2. The minimum atomic E-state index is -1.13. The van der Waals surface area contributed by atoms with E-state index in [0.29, 0.717) is 5.56 Å². The van der Waals surface area contributed by atoms with Crippen molar-refractivity contribution in [2.24, 2.45) is 0 Å². The summed E-state index contributed by atoms with van der Waals surface area (Å²) in [6.45, 7) is 2.77. The molecule has 0 atom stereocenters. The van der Waals surface area contributed by atoms with Crippen LogP contribution in [0.1, 0.15) is 19.4 Å². The van der Waals surface area contributed by atoms with Gasteiger partial charge in [0, 0.05) is 12.1 Å². The van der Waals surface area contributed by atoms with Gasteiger partial charge in [-0.2, -0.15) is 0 Å². The van der Waals surface area contributed by atoms with Gasteiger partial charge < -0.3 is 10.4 Å². The lowest BCUT2D eigenvalue weighted by molar-refractivity contribution is -0.384. The summed E-state index contributed by atoms with van der Waals surface area (Å²) in [7, 11) is 0. The van der Waals surface area contributed by atoms with E-state index < -0.39 is 28.8 Å². The van der Waals surface area contributed by atoms with E-state index in [-0.39, 0.29) is 5.69 Å². The number of amides is 1. The number of hydrogen-bond donors (Lipinski definition) is 2. The minimum absolute atomic E-state index is 0.0644. The molecule has 1 aromatic carbocycles. The van der Waals surface area contributed by atoms with E-state index in [4.69, 9.17) is 5.11 Å². The van der Waals surface area contributed by atoms with Gasteiger partial charge in [0.1, 0.15) is 6.54 Å². The number of non-ortho nitro benzene ring substituents is 1. The number of carboxylic acids is 1. The Bertz CT molecular complexity index is 507. The van der Waals surface area contributed by atoms with E-state index in [1.54, 1.807) is 13.8 Å². The Morgan fingerprint density at radius 2 is 1.84 bits per heavy atom. The van der Waals surface area contributed by atoms with Gasteiger partial charge in [0.25, 0.3) is 5.69 Å². The standard InChI is InChI=1S/C12H14N2O5/c1-12(2,11(17)13-7-10(15)16)8-3-5-9(6-4-8)14(18)19/h3-6H,7H2,1-2H3,(H,13,17)(H,15,16). The number of rotatable bonds is 5. The molecular formula is C12H14N2O5. The third-order valence-corrected chi connectivity index (χ3v) is 2.77. The summed E-state index contributed by atoms with van der Waals surface area (Å²) < 4.78 is 0. The van der Waals surface area contributed by atoms with Gasteiger partial charge in [-0.25, -0.2) is 0 Å². The fourth-order valence-corrected chi connectivity index (χ4v) is 1.51. The van der Waals surface area contributed by atoms with Crippen molar-refractivity contribution in [3.8, 4) is 0 Å². The average molecular weight is 266 g/mol. The number of nitro groups is 1. The summed E-state index contributed by atoms with van der Waals surface area (Å²) in [5.41, 5.74) is -0.462. The molecule has 0 aliphatic carbocycles. The van der Waals surface area contributed by atoms with Gasteiger partial charge in [-0.1, -0.05) is 12.1 Å². The Balaban J connectivity index is 2.89. The summed E-state index contributed by atoms with van der Waals surface area (Å²) in [6, 6.07) is 5.58. The van der Waals surface area contributed by atoms with E-state index in [0.717, 1.165) is 0 Å². The largest absolute Gasteiger partial charge is 0.480 e. The van der Waals surface area contributed by atoms with Crippen LogP contribution in [0.5, 0.6) is 0 Å². The van der Waals surface area contributed by atoms with Crippen LogP contribution in [0.25, 0.3) is 0 Å². The van der Waals surface area contributed by atoms with Crippen LogP contribution in [-0.2, 0) is 15.0 Å². The molecule has 7 nitrogen and oxygen atoms in total. The Morgan fingerprint density at radius 1 is 1.32 bits per heavy atom. The first kappa shape index (κ1) is 14.6. The zero-order valence-electron chi connectivity index (χ0n) is 10.5. The van der Waals surface area contributed by atoms with E-state index in [9.17, 15) is 19.7 Å². The maximum atomic E-state index is 11.9. The van der Waals surface area contributed by atoms with Crippen molar-refractivity contribution in [2.75, 3.05) is 6.54 Å². The Hall–Kier alpha value is -2.44. The molecule has 0 aromatic heterocycles. The maximum Gasteiger partial charge on any atom is 0.322 e. The van der Waals surface area contributed by atoms with Gasteiger partial charge in [-0.15, -0.1) is 0 Å². The highest BCUT2D eigenvalue weighted by Crippen LogP contribution is 2.25. The van der Waals surface area contributed by atoms with E-state index in [1.807, 2.05) is 0 Å². The smallest absolute Gasteiger partial charge is 0.322 e. The Labute approximate surface area is 109 Å². The fourth-order valence-electron chi connectivity index (χ4n) is 1.51. The van der Waals surface area contributed by atoms with E-state index in [1.165, 1.54) is 24.3 Å². The summed E-state index contributed by atoms with van der Waals surface area (Å²) in [5.74, 6) is -1.59. The van der Waals surface area contributed by atoms with Gasteiger partial charge in [0.15, 0.2) is 0 Å². The molecule has 1 rings (SSSR count). The van der Waals surface area contributed by atoms with Crippen molar-refractivity contribution in [1.29, 1.82) is 0 Å². The van der Waals surface area contributed by atoms with Crippen molar-refractivity contribution in [3.05, 3.63) is 39.9 Å². The molecule has 0 spiro atoms. The molecule has 19 heavy (non-hydrogen) atoms. The van der Waals surface area contributed by atoms with Crippen LogP contribution in [0.15, 0.2) is 24.3 Å². The number of carbonyl (C=O) groups excluding carboxylic acids is 1. The number of nitrogens with zero attached hydrogens (tertiary/aromatic N) is 1. The number of nitro benzene ring substituents is 1. The van der Waals surface area contributed by atoms with Gasteiger partial charge in [0.2, 0.25) is 5.91 Å². The molecule has 0 heterocycles. The molecule has 0 saturated carbocycles. The quantitative estimate of drug-likeness (QED) is 0.612. The Morgan fingerprint density at radius 3 is 2.26 bits per heavy atom. The van der Waals surface area contributed by atoms with E-state index >= 15 is 0 Å². The SMILES string of the molecule is CC(C)(C(=O)NCC(=O)O)c1ccc([N+](=O)[O-])cc1. The summed E-state index contributed by atoms with van der Waals surface area (Å²) in [6.07, 6.45) is 0. The van der Waals surface area contributed by atoms with Crippen LogP contribution in [0, 0.1) is 10.1 Å². The molecule has 0 aliphatic rings. The zero-order chi connectivity index (χ0) is 14.6. The highest BCUT2D eigenvalue weighted by Gasteiger charge is 2.30. The molecule has 7 heteroatoms. The second kappa shape index (κ2) is 5.47. The lowest BCUT2D eigenvalue weighted by atomic mass is 9.83. The van der Waals surface area contributed by atoms with Gasteiger partial charge in [-0.3, -0.25) is 19.7 Å². The topological polar surface area (TPSA) is 110 Å². The van der Waals surface area contributed by atoms with Gasteiger partial charge >= 0.3 is 5.97 Å². The van der Waals surface area contributed by atoms with Crippen molar-refractivity contribution < 1.29 is 19.6 Å². The highest BCUT2D eigenvalue weighted by atomic mass is 16.6. The van der Waals surface area contributed by atoms with Crippen LogP contribution in [0.3, 0.4) is 0 Å². The van der Waals surface area contributed by atoms with E-state index in [2.05, 4.69) is 5.32 Å². The van der Waals surface area contributed by atoms with Crippen molar-refractivity contribution in [3.63, 3.8) is 0 Å². The molecule has 0 unspecified atom stereocenters. The predicted molar refractivity (Wildman–Crippen MR) is 66.8 cm³/mol. The Kier molecular flexibility index (Phi) is 4.21. The lowest BCUT2D eigenvalue weighted by Crippen LogP contribution is -2.42. The molecule has 2 N–H and O–H groups in total. The van der Waals surface area contributed by atoms with Crippen LogP contribution >= 0.6 is 0 Å². The van der Waals surface area contributed by atoms with Crippen LogP contribution in [0.2, 0.25) is 0 Å². The number of aliphatic carboxylic acids is 1. The average Bonchev–Trinajstić information content (AvgIpc) is 2.35. The molecule has 0 radical (unpaired) electrons. The second-order valence-electron chi connectivity index (χ2n) is 4.51. The second-order valence-corrected chi connectivity index (χ2v) is 4.51. The van der Waals surface area contributed by atoms with Crippen molar-refractivity contribution in [2.45, 2.75) is 19.3 Å². The van der Waals surface area contributed by atoms with Crippen LogP contribution in [-0.4, -0.2) is 28.5 Å². The molecule has 0 aliphatic heterocycles. The zero-order valence-corrected chi connectivity index (χ0v) is 10.5. The van der Waals surface area contributed by atoms with Crippen molar-refractivity contribution >= 4 is 17.6 Å². The monoisotopic (exact) mass is 266 g/mol. The molecule has 1 amide bonds. The normalized spacial score (nSPS) is 10.8. The molecule has 0 bridgehead atoms. The summed E-state index contributed by atoms with van der Waals surface area (Å²) >= 11 is 0. The summed E-state index contributed by atoms with van der Waals surface area (Å²) in [5, 5.41) is 21.3. The third kappa shape index (κ3) is 3.51.